The molecule has 0 radical (unpaired) electrons. The molecule has 0 aliphatic rings. The van der Waals surface area contributed by atoms with Crippen LogP contribution in [0, 0.1) is 10.1 Å². The van der Waals surface area contributed by atoms with Crippen molar-refractivity contribution >= 4 is 34.9 Å². The summed E-state index contributed by atoms with van der Waals surface area (Å²) < 4.78 is 5.18. The quantitative estimate of drug-likeness (QED) is 0.512. The van der Waals surface area contributed by atoms with E-state index in [-0.39, 0.29) is 28.1 Å². The molecule has 6 nitrogen and oxygen atoms in total. The zero-order valence-electron chi connectivity index (χ0n) is 9.72. The van der Waals surface area contributed by atoms with E-state index in [1.54, 1.807) is 0 Å². The van der Waals surface area contributed by atoms with E-state index in [2.05, 4.69) is 0 Å². The lowest BCUT2D eigenvalue weighted by molar-refractivity contribution is -0.385. The lowest BCUT2D eigenvalue weighted by Crippen LogP contribution is -2.03. The normalized spacial score (nSPS) is 11.2. The highest BCUT2D eigenvalue weighted by Gasteiger charge is 2.18. The molecule has 1 N–H and O–H groups in total. The zero-order chi connectivity index (χ0) is 14.6. The Bertz CT molecular complexity index is 556. The van der Waals surface area contributed by atoms with Crippen molar-refractivity contribution in [3.8, 4) is 5.75 Å². The Morgan fingerprint density at radius 1 is 1.47 bits per heavy atom. The van der Waals surface area contributed by atoms with Crippen molar-refractivity contribution in [1.29, 1.82) is 0 Å². The maximum Gasteiger partial charge on any atom is 0.328 e. The number of carbonyl (C=O) groups is 1. The summed E-state index contributed by atoms with van der Waals surface area (Å²) in [7, 11) is 0. The molecule has 0 aromatic heterocycles. The highest BCUT2D eigenvalue weighted by Crippen LogP contribution is 2.35. The third kappa shape index (κ3) is 4.42. The van der Waals surface area contributed by atoms with Gasteiger partial charge < -0.3 is 9.84 Å². The van der Waals surface area contributed by atoms with Crippen LogP contribution in [0.3, 0.4) is 0 Å². The fourth-order valence-electron chi connectivity index (χ4n) is 1.22. The average molecular weight is 306 g/mol. The Balaban J connectivity index is 2.97. The summed E-state index contributed by atoms with van der Waals surface area (Å²) in [5.74, 6) is -1.19. The molecule has 0 aliphatic heterocycles. The van der Waals surface area contributed by atoms with Gasteiger partial charge in [0.1, 0.15) is 6.61 Å². The van der Waals surface area contributed by atoms with Crippen molar-refractivity contribution < 1.29 is 19.6 Å². The standard InChI is InChI=1S/C11H9Cl2NO5/c1-6(2-11(15)16)5-19-10-4-8(13)7(12)3-9(10)14(17)18/h2-4H,5H2,1H3,(H,15,16)/b6-2-. The van der Waals surface area contributed by atoms with Crippen LogP contribution >= 0.6 is 23.2 Å². The summed E-state index contributed by atoms with van der Waals surface area (Å²) in [5, 5.41) is 19.5. The first kappa shape index (κ1) is 15.3. The molecule has 8 heteroatoms. The summed E-state index contributed by atoms with van der Waals surface area (Å²) in [6.45, 7) is 1.42. The maximum atomic E-state index is 10.8. The fraction of sp³-hybridized carbons (Fsp3) is 0.182. The summed E-state index contributed by atoms with van der Waals surface area (Å²) >= 11 is 11.4. The number of carboxylic acids is 1. The summed E-state index contributed by atoms with van der Waals surface area (Å²) in [6, 6.07) is 2.30. The molecule has 0 spiro atoms. The molecule has 0 saturated heterocycles. The van der Waals surface area contributed by atoms with E-state index in [4.69, 9.17) is 33.0 Å². The number of nitrogens with zero attached hydrogens (tertiary/aromatic N) is 1. The van der Waals surface area contributed by atoms with Crippen LogP contribution in [-0.2, 0) is 4.79 Å². The number of rotatable bonds is 5. The maximum absolute atomic E-state index is 10.8. The number of halogens is 2. The fourth-order valence-corrected chi connectivity index (χ4v) is 1.53. The molecule has 0 heterocycles. The van der Waals surface area contributed by atoms with Crippen molar-refractivity contribution in [3.05, 3.63) is 43.9 Å². The van der Waals surface area contributed by atoms with Gasteiger partial charge in [-0.2, -0.15) is 0 Å². The molecule has 0 aliphatic carbocycles. The first-order valence-electron chi connectivity index (χ1n) is 4.97. The van der Waals surface area contributed by atoms with Crippen LogP contribution in [0.5, 0.6) is 5.75 Å². The van der Waals surface area contributed by atoms with Crippen LogP contribution < -0.4 is 4.74 Å². The Labute approximate surface area is 118 Å². The van der Waals surface area contributed by atoms with Gasteiger partial charge in [0, 0.05) is 18.2 Å². The Kier molecular flexibility index (Phi) is 5.14. The predicted molar refractivity (Wildman–Crippen MR) is 70.0 cm³/mol. The second kappa shape index (κ2) is 6.40. The van der Waals surface area contributed by atoms with Crippen molar-refractivity contribution in [2.75, 3.05) is 6.61 Å². The smallest absolute Gasteiger partial charge is 0.328 e. The van der Waals surface area contributed by atoms with Gasteiger partial charge in [0.2, 0.25) is 0 Å². The Hall–Kier alpha value is -1.79. The first-order chi connectivity index (χ1) is 8.81. The summed E-state index contributed by atoms with van der Waals surface area (Å²) in [5.41, 5.74) is 0.0606. The molecule has 102 valence electrons. The van der Waals surface area contributed by atoms with Crippen LogP contribution in [-0.4, -0.2) is 22.6 Å². The second-order valence-corrected chi connectivity index (χ2v) is 4.42. The number of nitro benzene ring substituents is 1. The molecule has 19 heavy (non-hydrogen) atoms. The van der Waals surface area contributed by atoms with E-state index in [1.165, 1.54) is 13.0 Å². The third-order valence-corrected chi connectivity index (χ3v) is 2.75. The highest BCUT2D eigenvalue weighted by atomic mass is 35.5. The predicted octanol–water partition coefficient (Wildman–Crippen LogP) is 3.31. The van der Waals surface area contributed by atoms with Gasteiger partial charge in [0.25, 0.3) is 0 Å². The van der Waals surface area contributed by atoms with Gasteiger partial charge in [-0.05, 0) is 12.5 Å². The Morgan fingerprint density at radius 3 is 2.58 bits per heavy atom. The third-order valence-electron chi connectivity index (χ3n) is 2.02. The Morgan fingerprint density at radius 2 is 2.05 bits per heavy atom. The lowest BCUT2D eigenvalue weighted by Gasteiger charge is -2.08. The van der Waals surface area contributed by atoms with Gasteiger partial charge in [-0.3, -0.25) is 10.1 Å². The molecule has 0 bridgehead atoms. The molecule has 0 unspecified atom stereocenters. The van der Waals surface area contributed by atoms with Crippen molar-refractivity contribution in [2.24, 2.45) is 0 Å². The van der Waals surface area contributed by atoms with Crippen LogP contribution in [0.25, 0.3) is 0 Å². The van der Waals surface area contributed by atoms with Crippen LogP contribution in [0.4, 0.5) is 5.69 Å². The SMILES string of the molecule is C/C(=C/C(=O)O)COc1cc(Cl)c(Cl)cc1[N+](=O)[O-]. The van der Waals surface area contributed by atoms with Crippen molar-refractivity contribution in [2.45, 2.75) is 6.92 Å². The minimum atomic E-state index is -1.12. The molecular weight excluding hydrogens is 297 g/mol. The molecule has 1 aromatic rings. The number of carboxylic acid groups (broad SMARTS) is 1. The number of hydrogen-bond acceptors (Lipinski definition) is 4. The van der Waals surface area contributed by atoms with E-state index >= 15 is 0 Å². The molecule has 0 fully saturated rings. The molecule has 0 atom stereocenters. The van der Waals surface area contributed by atoms with E-state index in [1.807, 2.05) is 0 Å². The number of benzene rings is 1. The van der Waals surface area contributed by atoms with Gasteiger partial charge in [0.05, 0.1) is 15.0 Å². The van der Waals surface area contributed by atoms with Gasteiger partial charge in [-0.15, -0.1) is 0 Å². The number of hydrogen-bond donors (Lipinski definition) is 1. The van der Waals surface area contributed by atoms with Crippen molar-refractivity contribution in [1.82, 2.24) is 0 Å². The first-order valence-corrected chi connectivity index (χ1v) is 5.73. The van der Waals surface area contributed by atoms with Gasteiger partial charge in [0.15, 0.2) is 5.75 Å². The molecule has 1 rings (SSSR count). The van der Waals surface area contributed by atoms with E-state index in [0.29, 0.717) is 5.57 Å². The largest absolute Gasteiger partial charge is 0.482 e. The monoisotopic (exact) mass is 305 g/mol. The van der Waals surface area contributed by atoms with Gasteiger partial charge in [-0.1, -0.05) is 23.2 Å². The number of ether oxygens (including phenoxy) is 1. The minimum Gasteiger partial charge on any atom is -0.482 e. The number of nitro groups is 1. The minimum absolute atomic E-state index is 0.0403. The molecule has 1 aromatic carbocycles. The van der Waals surface area contributed by atoms with Crippen LogP contribution in [0.15, 0.2) is 23.8 Å². The van der Waals surface area contributed by atoms with Crippen LogP contribution in [0.2, 0.25) is 10.0 Å². The van der Waals surface area contributed by atoms with E-state index in [0.717, 1.165) is 12.1 Å². The van der Waals surface area contributed by atoms with Gasteiger partial charge in [-0.25, -0.2) is 4.79 Å². The van der Waals surface area contributed by atoms with Gasteiger partial charge >= 0.3 is 11.7 Å². The topological polar surface area (TPSA) is 89.7 Å². The average Bonchev–Trinajstić information content (AvgIpc) is 2.29. The van der Waals surface area contributed by atoms with Crippen molar-refractivity contribution in [3.63, 3.8) is 0 Å². The molecular formula is C11H9Cl2NO5. The van der Waals surface area contributed by atoms with Crippen LogP contribution in [0.1, 0.15) is 6.92 Å². The zero-order valence-corrected chi connectivity index (χ0v) is 11.2. The van der Waals surface area contributed by atoms with E-state index in [9.17, 15) is 14.9 Å². The van der Waals surface area contributed by atoms with E-state index < -0.39 is 10.9 Å². The highest BCUT2D eigenvalue weighted by molar-refractivity contribution is 6.42. The molecule has 0 amide bonds. The number of aliphatic carboxylic acids is 1. The summed E-state index contributed by atoms with van der Waals surface area (Å²) in [4.78, 5) is 20.6. The molecule has 0 saturated carbocycles. The summed E-state index contributed by atoms with van der Waals surface area (Å²) in [6.07, 6.45) is 0.948. The lowest BCUT2D eigenvalue weighted by atomic mass is 10.3. The second-order valence-electron chi connectivity index (χ2n) is 3.61.